The standard InChI is InChI=1S/C8H13N3.C3H4N2/c1-2-6-10(7-3-1)11-8-4-5-9-11;1-2-4-5-3-1/h4-5,8H,1-3,6-7H2;1-3H,(H,4,5). The molecule has 5 heteroatoms. The van der Waals surface area contributed by atoms with Gasteiger partial charge >= 0.3 is 0 Å². The van der Waals surface area contributed by atoms with E-state index in [4.69, 9.17) is 0 Å². The second kappa shape index (κ2) is 5.95. The average Bonchev–Trinajstić information content (AvgIpc) is 3.07. The summed E-state index contributed by atoms with van der Waals surface area (Å²) < 4.78 is 0. The molecule has 3 heterocycles. The predicted octanol–water partition coefficient (Wildman–Crippen LogP) is 1.41. The van der Waals surface area contributed by atoms with Crippen LogP contribution in [0.15, 0.2) is 36.9 Å². The number of nitrogens with one attached hydrogen (secondary N) is 1. The van der Waals surface area contributed by atoms with E-state index < -0.39 is 0 Å². The summed E-state index contributed by atoms with van der Waals surface area (Å²) in [6.45, 7) is 2.31. The van der Waals surface area contributed by atoms with Crippen molar-refractivity contribution in [3.63, 3.8) is 0 Å². The van der Waals surface area contributed by atoms with Crippen molar-refractivity contribution >= 4 is 0 Å². The maximum absolute atomic E-state index is 4.18. The Balaban J connectivity index is 0.000000162. The van der Waals surface area contributed by atoms with E-state index in [1.807, 2.05) is 29.3 Å². The number of aromatic amines is 1. The van der Waals surface area contributed by atoms with Crippen molar-refractivity contribution in [3.05, 3.63) is 36.9 Å². The number of H-pyrrole nitrogens is 1. The first kappa shape index (κ1) is 10.7. The maximum Gasteiger partial charge on any atom is 0.0510 e. The summed E-state index contributed by atoms with van der Waals surface area (Å²) in [6.07, 6.45) is 11.3. The Morgan fingerprint density at radius 1 is 1.00 bits per heavy atom. The van der Waals surface area contributed by atoms with Gasteiger partial charge in [0.2, 0.25) is 0 Å². The van der Waals surface area contributed by atoms with Gasteiger partial charge in [0.25, 0.3) is 0 Å². The summed E-state index contributed by atoms with van der Waals surface area (Å²) >= 11 is 0. The van der Waals surface area contributed by atoms with Gasteiger partial charge in [-0.3, -0.25) is 10.1 Å². The molecule has 0 amide bonds. The lowest BCUT2D eigenvalue weighted by Gasteiger charge is -2.27. The van der Waals surface area contributed by atoms with E-state index in [2.05, 4.69) is 20.3 Å². The molecule has 16 heavy (non-hydrogen) atoms. The topological polar surface area (TPSA) is 49.7 Å². The minimum Gasteiger partial charge on any atom is -0.297 e. The van der Waals surface area contributed by atoms with E-state index in [9.17, 15) is 0 Å². The van der Waals surface area contributed by atoms with Crippen LogP contribution in [0.25, 0.3) is 0 Å². The molecule has 0 aromatic carbocycles. The van der Waals surface area contributed by atoms with Crippen LogP contribution in [0.4, 0.5) is 0 Å². The molecule has 1 aliphatic heterocycles. The molecular weight excluding hydrogens is 202 g/mol. The molecule has 1 N–H and O–H groups in total. The van der Waals surface area contributed by atoms with E-state index >= 15 is 0 Å². The molecular formula is C11H17N5. The van der Waals surface area contributed by atoms with Gasteiger partial charge in [-0.05, 0) is 31.4 Å². The molecule has 0 radical (unpaired) electrons. The summed E-state index contributed by atoms with van der Waals surface area (Å²) in [4.78, 5) is 1.94. The Labute approximate surface area is 95.0 Å². The van der Waals surface area contributed by atoms with Gasteiger partial charge < -0.3 is 0 Å². The number of rotatable bonds is 1. The molecule has 2 aromatic rings. The fraction of sp³-hybridized carbons (Fsp3) is 0.455. The van der Waals surface area contributed by atoms with E-state index in [1.54, 1.807) is 12.4 Å². The Hall–Kier alpha value is -1.78. The predicted molar refractivity (Wildman–Crippen MR) is 62.6 cm³/mol. The molecule has 0 saturated carbocycles. The van der Waals surface area contributed by atoms with E-state index in [1.165, 1.54) is 19.3 Å². The van der Waals surface area contributed by atoms with Gasteiger partial charge in [-0.15, -0.1) is 0 Å². The Morgan fingerprint density at radius 3 is 2.38 bits per heavy atom. The number of hydrogen-bond acceptors (Lipinski definition) is 3. The highest BCUT2D eigenvalue weighted by molar-refractivity contribution is 4.90. The van der Waals surface area contributed by atoms with E-state index in [-0.39, 0.29) is 0 Å². The third-order valence-electron chi connectivity index (χ3n) is 2.52. The minimum absolute atomic E-state index is 1.15. The van der Waals surface area contributed by atoms with Crippen LogP contribution in [0.1, 0.15) is 19.3 Å². The number of hydrogen-bond donors (Lipinski definition) is 1. The first-order valence-corrected chi connectivity index (χ1v) is 5.65. The Morgan fingerprint density at radius 2 is 1.88 bits per heavy atom. The smallest absolute Gasteiger partial charge is 0.0510 e. The number of piperidine rings is 1. The van der Waals surface area contributed by atoms with Crippen LogP contribution in [0.3, 0.4) is 0 Å². The molecule has 1 aliphatic rings. The largest absolute Gasteiger partial charge is 0.297 e. The second-order valence-corrected chi connectivity index (χ2v) is 3.71. The number of nitrogens with zero attached hydrogens (tertiary/aromatic N) is 4. The van der Waals surface area contributed by atoms with Crippen molar-refractivity contribution in [2.24, 2.45) is 0 Å². The summed E-state index contributed by atoms with van der Waals surface area (Å²) in [7, 11) is 0. The molecule has 0 spiro atoms. The van der Waals surface area contributed by atoms with Crippen molar-refractivity contribution < 1.29 is 0 Å². The highest BCUT2D eigenvalue weighted by Crippen LogP contribution is 2.06. The fourth-order valence-electron chi connectivity index (χ4n) is 1.73. The van der Waals surface area contributed by atoms with Gasteiger partial charge in [0, 0.05) is 31.7 Å². The van der Waals surface area contributed by atoms with E-state index in [0.717, 1.165) is 13.1 Å². The van der Waals surface area contributed by atoms with Crippen LogP contribution < -0.4 is 5.01 Å². The zero-order chi connectivity index (χ0) is 11.1. The molecule has 86 valence electrons. The Bertz CT molecular complexity index is 330. The molecule has 5 nitrogen and oxygen atoms in total. The third kappa shape index (κ3) is 3.12. The average molecular weight is 219 g/mol. The van der Waals surface area contributed by atoms with Crippen LogP contribution >= 0.6 is 0 Å². The quantitative estimate of drug-likeness (QED) is 0.789. The third-order valence-corrected chi connectivity index (χ3v) is 2.52. The fourth-order valence-corrected chi connectivity index (χ4v) is 1.73. The molecule has 1 saturated heterocycles. The van der Waals surface area contributed by atoms with Gasteiger partial charge in [0.15, 0.2) is 0 Å². The summed E-state index contributed by atoms with van der Waals surface area (Å²) in [6, 6.07) is 3.80. The van der Waals surface area contributed by atoms with Crippen LogP contribution in [-0.4, -0.2) is 33.2 Å². The lowest BCUT2D eigenvalue weighted by atomic mass is 10.2. The monoisotopic (exact) mass is 219 g/mol. The molecule has 0 bridgehead atoms. The van der Waals surface area contributed by atoms with Gasteiger partial charge in [-0.1, -0.05) is 0 Å². The zero-order valence-corrected chi connectivity index (χ0v) is 9.29. The molecule has 0 unspecified atom stereocenters. The van der Waals surface area contributed by atoms with Crippen molar-refractivity contribution in [1.29, 1.82) is 0 Å². The second-order valence-electron chi connectivity index (χ2n) is 3.71. The normalized spacial score (nSPS) is 15.4. The first-order valence-electron chi connectivity index (χ1n) is 5.65. The van der Waals surface area contributed by atoms with Gasteiger partial charge in [0.1, 0.15) is 0 Å². The highest BCUT2D eigenvalue weighted by atomic mass is 15.6. The van der Waals surface area contributed by atoms with Crippen LogP contribution in [-0.2, 0) is 0 Å². The maximum atomic E-state index is 4.18. The summed E-state index contributed by atoms with van der Waals surface area (Å²) in [5.41, 5.74) is 0. The summed E-state index contributed by atoms with van der Waals surface area (Å²) in [5.74, 6) is 0. The van der Waals surface area contributed by atoms with Gasteiger partial charge in [-0.2, -0.15) is 15.0 Å². The van der Waals surface area contributed by atoms with Crippen molar-refractivity contribution in [2.45, 2.75) is 19.3 Å². The van der Waals surface area contributed by atoms with Crippen molar-refractivity contribution in [2.75, 3.05) is 18.1 Å². The van der Waals surface area contributed by atoms with Gasteiger partial charge in [0.05, 0.1) is 6.20 Å². The van der Waals surface area contributed by atoms with Crippen molar-refractivity contribution in [3.8, 4) is 0 Å². The van der Waals surface area contributed by atoms with Crippen LogP contribution in [0.2, 0.25) is 0 Å². The Kier molecular flexibility index (Phi) is 3.99. The molecule has 3 rings (SSSR count). The minimum atomic E-state index is 1.15. The first-order chi connectivity index (χ1) is 7.97. The van der Waals surface area contributed by atoms with E-state index in [0.29, 0.717) is 0 Å². The lowest BCUT2D eigenvalue weighted by Crippen LogP contribution is -2.39. The number of aromatic nitrogens is 4. The lowest BCUT2D eigenvalue weighted by molar-refractivity contribution is 0.449. The van der Waals surface area contributed by atoms with Crippen LogP contribution in [0.5, 0.6) is 0 Å². The van der Waals surface area contributed by atoms with Gasteiger partial charge in [-0.25, -0.2) is 0 Å². The molecule has 2 aromatic heterocycles. The highest BCUT2D eigenvalue weighted by Gasteiger charge is 2.09. The molecule has 0 atom stereocenters. The molecule has 0 aliphatic carbocycles. The van der Waals surface area contributed by atoms with Crippen LogP contribution in [0, 0.1) is 0 Å². The SMILES string of the molecule is c1cn[nH]c1.c1cnn(N2CCCCC2)c1. The summed E-state index contributed by atoms with van der Waals surface area (Å²) in [5, 5.41) is 12.7. The zero-order valence-electron chi connectivity index (χ0n) is 9.29. The van der Waals surface area contributed by atoms with Crippen molar-refractivity contribution in [1.82, 2.24) is 20.1 Å². The molecule has 1 fully saturated rings.